The number of aryl methyl sites for hydroxylation is 1. The Morgan fingerprint density at radius 1 is 1.30 bits per heavy atom. The second kappa shape index (κ2) is 8.81. The summed E-state index contributed by atoms with van der Waals surface area (Å²) in [5.41, 5.74) is 2.82. The van der Waals surface area contributed by atoms with Gasteiger partial charge in [-0.15, -0.1) is 0 Å². The highest BCUT2D eigenvalue weighted by molar-refractivity contribution is 5.90. The Bertz CT molecular complexity index is 807. The molecule has 2 heterocycles. The van der Waals surface area contributed by atoms with E-state index < -0.39 is 0 Å². The maximum atomic E-state index is 13.3. The molecule has 0 spiro atoms. The largest absolute Gasteiger partial charge is 0.462 e. The quantitative estimate of drug-likeness (QED) is 0.785. The summed E-state index contributed by atoms with van der Waals surface area (Å²) in [6.07, 6.45) is 0. The molecule has 0 bridgehead atoms. The van der Waals surface area contributed by atoms with Crippen LogP contribution in [0.4, 0.5) is 15.9 Å². The van der Waals surface area contributed by atoms with Crippen molar-refractivity contribution < 1.29 is 18.7 Å². The smallest absolute Gasteiger partial charge is 0.338 e. The lowest BCUT2D eigenvalue weighted by molar-refractivity contribution is 0.0526. The van der Waals surface area contributed by atoms with Gasteiger partial charge < -0.3 is 19.7 Å². The van der Waals surface area contributed by atoms with Crippen LogP contribution < -0.4 is 10.2 Å². The van der Waals surface area contributed by atoms with Gasteiger partial charge >= 0.3 is 5.97 Å². The van der Waals surface area contributed by atoms with Gasteiger partial charge in [-0.25, -0.2) is 14.2 Å². The van der Waals surface area contributed by atoms with Crippen molar-refractivity contribution in [3.05, 3.63) is 53.0 Å². The molecule has 6 nitrogen and oxygen atoms in total. The summed E-state index contributed by atoms with van der Waals surface area (Å²) in [6.45, 7) is 7.07. The Balaban J connectivity index is 1.83. The number of hydrogen-bond acceptors (Lipinski definition) is 6. The van der Waals surface area contributed by atoms with Gasteiger partial charge in [0.2, 0.25) is 0 Å². The van der Waals surface area contributed by atoms with E-state index in [1.807, 2.05) is 6.92 Å². The molecular weight excluding hydrogens is 349 g/mol. The van der Waals surface area contributed by atoms with E-state index in [4.69, 9.17) is 9.47 Å². The minimum absolute atomic E-state index is 0.268. The first-order chi connectivity index (χ1) is 13.1. The number of carbonyl (C=O) groups is 1. The Morgan fingerprint density at radius 3 is 2.78 bits per heavy atom. The number of benzene rings is 1. The van der Waals surface area contributed by atoms with Crippen molar-refractivity contribution in [2.45, 2.75) is 20.4 Å². The van der Waals surface area contributed by atoms with Crippen molar-refractivity contribution in [3.8, 4) is 0 Å². The summed E-state index contributed by atoms with van der Waals surface area (Å²) in [5.74, 6) is 0.0974. The summed E-state index contributed by atoms with van der Waals surface area (Å²) in [5, 5.41) is 3.26. The molecule has 0 aliphatic carbocycles. The highest BCUT2D eigenvalue weighted by atomic mass is 19.1. The number of morpholine rings is 1. The molecule has 1 fully saturated rings. The fourth-order valence-electron chi connectivity index (χ4n) is 2.96. The lowest BCUT2D eigenvalue weighted by Gasteiger charge is -2.28. The van der Waals surface area contributed by atoms with Crippen molar-refractivity contribution in [2.75, 3.05) is 43.1 Å². The number of esters is 1. The number of rotatable bonds is 6. The lowest BCUT2D eigenvalue weighted by Crippen LogP contribution is -2.37. The molecule has 1 aliphatic rings. The van der Waals surface area contributed by atoms with Gasteiger partial charge in [0.05, 0.1) is 37.6 Å². The van der Waals surface area contributed by atoms with Gasteiger partial charge in [-0.2, -0.15) is 0 Å². The average Bonchev–Trinajstić information content (AvgIpc) is 2.68. The topological polar surface area (TPSA) is 63.7 Å². The number of halogens is 1. The third-order valence-electron chi connectivity index (χ3n) is 4.36. The number of nitrogens with one attached hydrogen (secondary N) is 1. The fraction of sp³-hybridized carbons (Fsp3) is 0.400. The number of nitrogens with zero attached hydrogens (tertiary/aromatic N) is 2. The van der Waals surface area contributed by atoms with Crippen LogP contribution in [0.5, 0.6) is 0 Å². The van der Waals surface area contributed by atoms with E-state index in [9.17, 15) is 9.18 Å². The van der Waals surface area contributed by atoms with Gasteiger partial charge in [0.1, 0.15) is 11.6 Å². The molecular formula is C20H24FN3O3. The summed E-state index contributed by atoms with van der Waals surface area (Å²) in [7, 11) is 0. The van der Waals surface area contributed by atoms with Crippen molar-refractivity contribution >= 4 is 17.5 Å². The highest BCUT2D eigenvalue weighted by Gasteiger charge is 2.17. The second-order valence-corrected chi connectivity index (χ2v) is 6.34. The van der Waals surface area contributed by atoms with Crippen molar-refractivity contribution in [1.29, 1.82) is 0 Å². The van der Waals surface area contributed by atoms with Crippen LogP contribution in [0.15, 0.2) is 30.3 Å². The van der Waals surface area contributed by atoms with Gasteiger partial charge in [-0.3, -0.25) is 0 Å². The van der Waals surface area contributed by atoms with Crippen molar-refractivity contribution in [1.82, 2.24) is 4.98 Å². The number of aromatic nitrogens is 1. The standard InChI is InChI=1S/C20H24FN3O3/c1-3-27-20(25)15-11-17(13-22-18-5-4-16(21)10-14(18)2)23-19(12-15)24-6-8-26-9-7-24/h4-5,10-12,22H,3,6-9,13H2,1-2H3. The highest BCUT2D eigenvalue weighted by Crippen LogP contribution is 2.20. The molecule has 27 heavy (non-hydrogen) atoms. The van der Waals surface area contributed by atoms with E-state index in [1.165, 1.54) is 12.1 Å². The van der Waals surface area contributed by atoms with Crippen molar-refractivity contribution in [2.24, 2.45) is 0 Å². The Kier molecular flexibility index (Phi) is 6.24. The minimum Gasteiger partial charge on any atom is -0.462 e. The first kappa shape index (κ1) is 19.1. The molecule has 1 N–H and O–H groups in total. The van der Waals surface area contributed by atoms with Crippen LogP contribution in [-0.2, 0) is 16.0 Å². The zero-order valence-electron chi connectivity index (χ0n) is 15.6. The predicted molar refractivity (Wildman–Crippen MR) is 102 cm³/mol. The van der Waals surface area contributed by atoms with Crippen LogP contribution >= 0.6 is 0 Å². The first-order valence-corrected chi connectivity index (χ1v) is 9.07. The Labute approximate surface area is 158 Å². The SMILES string of the molecule is CCOC(=O)c1cc(CNc2ccc(F)cc2C)nc(N2CCOCC2)c1. The van der Waals surface area contributed by atoms with Crippen LogP contribution in [0, 0.1) is 12.7 Å². The molecule has 2 aromatic rings. The summed E-state index contributed by atoms with van der Waals surface area (Å²) >= 11 is 0. The second-order valence-electron chi connectivity index (χ2n) is 6.34. The Morgan fingerprint density at radius 2 is 2.07 bits per heavy atom. The van der Waals surface area contributed by atoms with Gasteiger partial charge in [0, 0.05) is 18.8 Å². The van der Waals surface area contributed by atoms with Gasteiger partial charge in [0.25, 0.3) is 0 Å². The predicted octanol–water partition coefficient (Wildman–Crippen LogP) is 3.15. The van der Waals surface area contributed by atoms with E-state index in [-0.39, 0.29) is 11.8 Å². The molecule has 1 aromatic heterocycles. The molecule has 7 heteroatoms. The summed E-state index contributed by atoms with van der Waals surface area (Å²) in [4.78, 5) is 19.0. The molecule has 144 valence electrons. The third-order valence-corrected chi connectivity index (χ3v) is 4.36. The fourth-order valence-corrected chi connectivity index (χ4v) is 2.96. The van der Waals surface area contributed by atoms with Gasteiger partial charge in [-0.1, -0.05) is 0 Å². The number of hydrogen-bond donors (Lipinski definition) is 1. The zero-order valence-corrected chi connectivity index (χ0v) is 15.6. The van der Waals surface area contributed by atoms with Crippen LogP contribution in [-0.4, -0.2) is 43.9 Å². The number of ether oxygens (including phenoxy) is 2. The van der Waals surface area contributed by atoms with Crippen molar-refractivity contribution in [3.63, 3.8) is 0 Å². The maximum Gasteiger partial charge on any atom is 0.338 e. The van der Waals surface area contributed by atoms with Crippen LogP contribution in [0.2, 0.25) is 0 Å². The maximum absolute atomic E-state index is 13.3. The molecule has 1 aliphatic heterocycles. The average molecular weight is 373 g/mol. The Hall–Kier alpha value is -2.67. The van der Waals surface area contributed by atoms with Gasteiger partial charge in [0.15, 0.2) is 0 Å². The van der Waals surface area contributed by atoms with E-state index in [2.05, 4.69) is 15.2 Å². The minimum atomic E-state index is -0.367. The summed E-state index contributed by atoms with van der Waals surface area (Å²) in [6, 6.07) is 8.08. The van der Waals surface area contributed by atoms with E-state index in [0.29, 0.717) is 37.6 Å². The molecule has 0 saturated carbocycles. The molecule has 0 amide bonds. The molecule has 1 aromatic carbocycles. The number of anilines is 2. The molecule has 1 saturated heterocycles. The zero-order chi connectivity index (χ0) is 19.2. The number of pyridine rings is 1. The third kappa shape index (κ3) is 4.95. The molecule has 0 atom stereocenters. The first-order valence-electron chi connectivity index (χ1n) is 9.07. The van der Waals surface area contributed by atoms with E-state index in [1.54, 1.807) is 25.1 Å². The molecule has 0 unspecified atom stereocenters. The number of carbonyl (C=O) groups excluding carboxylic acids is 1. The summed E-state index contributed by atoms with van der Waals surface area (Å²) < 4.78 is 23.8. The van der Waals surface area contributed by atoms with Crippen LogP contribution in [0.25, 0.3) is 0 Å². The van der Waals surface area contributed by atoms with Crippen LogP contribution in [0.1, 0.15) is 28.5 Å². The van der Waals surface area contributed by atoms with E-state index >= 15 is 0 Å². The van der Waals surface area contributed by atoms with Crippen LogP contribution in [0.3, 0.4) is 0 Å². The normalized spacial score (nSPS) is 14.1. The molecule has 3 rings (SSSR count). The molecule has 0 radical (unpaired) electrons. The van der Waals surface area contributed by atoms with Gasteiger partial charge in [-0.05, 0) is 49.7 Å². The lowest BCUT2D eigenvalue weighted by atomic mass is 10.1. The van der Waals surface area contributed by atoms with E-state index in [0.717, 1.165) is 30.2 Å². The monoisotopic (exact) mass is 373 g/mol.